The van der Waals surface area contributed by atoms with E-state index in [-0.39, 0.29) is 12.2 Å². The van der Waals surface area contributed by atoms with Crippen LogP contribution in [0.4, 0.5) is 4.39 Å². The molecule has 200 valence electrons. The van der Waals surface area contributed by atoms with Crippen molar-refractivity contribution >= 4 is 45.9 Å². The first-order chi connectivity index (χ1) is 18.6. The molecule has 0 heterocycles. The summed E-state index contributed by atoms with van der Waals surface area (Å²) in [5, 5.41) is 0.562. The molecule has 39 heavy (non-hydrogen) atoms. The smallest absolute Gasteiger partial charge is 0.331 e. The van der Waals surface area contributed by atoms with Crippen molar-refractivity contribution < 1.29 is 18.7 Å². The number of carbonyl (C=O) groups excluding carboxylic acids is 1. The predicted octanol–water partition coefficient (Wildman–Crippen LogP) is 8.67. The first kappa shape index (κ1) is 28.8. The van der Waals surface area contributed by atoms with Crippen LogP contribution in [0.25, 0.3) is 0 Å². The van der Waals surface area contributed by atoms with Gasteiger partial charge >= 0.3 is 5.97 Å². The van der Waals surface area contributed by atoms with E-state index in [1.807, 2.05) is 81.4 Å². The van der Waals surface area contributed by atoms with Crippen LogP contribution < -0.4 is 4.74 Å². The van der Waals surface area contributed by atoms with Gasteiger partial charge in [-0.3, -0.25) is 4.99 Å². The lowest BCUT2D eigenvalue weighted by Crippen LogP contribution is -2.33. The van der Waals surface area contributed by atoms with Gasteiger partial charge in [-0.2, -0.15) is 0 Å². The molecule has 0 aliphatic carbocycles. The van der Waals surface area contributed by atoms with Crippen LogP contribution in [0.5, 0.6) is 11.5 Å². The molecule has 0 spiro atoms. The molecule has 4 aromatic carbocycles. The number of benzene rings is 4. The minimum absolute atomic E-state index is 0.0806. The van der Waals surface area contributed by atoms with E-state index < -0.39 is 23.4 Å². The van der Waals surface area contributed by atoms with Crippen LogP contribution in [0.15, 0.2) is 102 Å². The van der Waals surface area contributed by atoms with Crippen LogP contribution in [-0.2, 0) is 16.0 Å². The highest BCUT2D eigenvalue weighted by Gasteiger charge is 2.27. The molecule has 0 fully saturated rings. The van der Waals surface area contributed by atoms with E-state index >= 15 is 4.39 Å². The summed E-state index contributed by atoms with van der Waals surface area (Å²) in [6.45, 7) is 5.44. The second-order valence-electron chi connectivity index (χ2n) is 9.89. The molecule has 4 nitrogen and oxygen atoms in total. The van der Waals surface area contributed by atoms with E-state index in [9.17, 15) is 4.79 Å². The zero-order chi connectivity index (χ0) is 28.0. The molecular formula is C32H28ClFINO3. The molecule has 4 rings (SSSR count). The maximum Gasteiger partial charge on any atom is 0.331 e. The number of hydrogen-bond donors (Lipinski definition) is 0. The van der Waals surface area contributed by atoms with E-state index in [1.54, 1.807) is 30.3 Å². The molecule has 0 saturated heterocycles. The highest BCUT2D eigenvalue weighted by atomic mass is 127. The Morgan fingerprint density at radius 3 is 2.03 bits per heavy atom. The van der Waals surface area contributed by atoms with E-state index in [0.717, 1.165) is 14.7 Å². The van der Waals surface area contributed by atoms with Crippen LogP contribution in [0, 0.1) is 9.39 Å². The lowest BCUT2D eigenvalue weighted by Gasteiger charge is -2.23. The van der Waals surface area contributed by atoms with Gasteiger partial charge < -0.3 is 9.47 Å². The summed E-state index contributed by atoms with van der Waals surface area (Å²) in [4.78, 5) is 18.4. The summed E-state index contributed by atoms with van der Waals surface area (Å²) >= 11 is 8.07. The average Bonchev–Trinajstić information content (AvgIpc) is 2.90. The van der Waals surface area contributed by atoms with Crippen LogP contribution >= 0.6 is 34.2 Å². The number of aliphatic imine (C=N–C) groups is 1. The molecule has 0 aliphatic rings. The molecule has 0 saturated carbocycles. The van der Waals surface area contributed by atoms with Gasteiger partial charge in [0, 0.05) is 26.1 Å². The van der Waals surface area contributed by atoms with Gasteiger partial charge in [0.25, 0.3) is 0 Å². The number of rotatable bonds is 8. The third kappa shape index (κ3) is 8.13. The topological polar surface area (TPSA) is 47.9 Å². The van der Waals surface area contributed by atoms with E-state index in [0.29, 0.717) is 22.0 Å². The maximum atomic E-state index is 15.2. The van der Waals surface area contributed by atoms with Gasteiger partial charge in [-0.1, -0.05) is 72.3 Å². The standard InChI is InChI=1S/C32H28ClFINO3/c1-32(2,3)39-31(37)28(36-30(21-10-6-4-7-11-21)22-12-8-5-9-13-22)19-23-18-26(34)29(20-27(23)35)38-25-16-14-24(33)15-17-25/h4-18,20,28H,19H2,1-3H3. The maximum absolute atomic E-state index is 15.2. The summed E-state index contributed by atoms with van der Waals surface area (Å²) in [5.41, 5.74) is 2.30. The van der Waals surface area contributed by atoms with Gasteiger partial charge in [-0.25, -0.2) is 9.18 Å². The van der Waals surface area contributed by atoms with Gasteiger partial charge in [0.05, 0.1) is 5.71 Å². The fourth-order valence-corrected chi connectivity index (χ4v) is 4.64. The number of esters is 1. The second-order valence-corrected chi connectivity index (χ2v) is 11.5. The Morgan fingerprint density at radius 1 is 0.923 bits per heavy atom. The van der Waals surface area contributed by atoms with Gasteiger partial charge in [0.15, 0.2) is 17.6 Å². The fraction of sp³-hybridized carbons (Fsp3) is 0.188. The normalized spacial score (nSPS) is 11.9. The predicted molar refractivity (Wildman–Crippen MR) is 163 cm³/mol. The summed E-state index contributed by atoms with van der Waals surface area (Å²) < 4.78 is 27.4. The minimum atomic E-state index is -0.907. The second kappa shape index (κ2) is 12.7. The molecule has 7 heteroatoms. The largest absolute Gasteiger partial charge is 0.458 e. The lowest BCUT2D eigenvalue weighted by molar-refractivity contribution is -0.156. The van der Waals surface area contributed by atoms with Gasteiger partial charge in [-0.15, -0.1) is 0 Å². The minimum Gasteiger partial charge on any atom is -0.458 e. The molecule has 0 bridgehead atoms. The summed E-state index contributed by atoms with van der Waals surface area (Å²) in [5.74, 6) is -0.478. The summed E-state index contributed by atoms with van der Waals surface area (Å²) in [7, 11) is 0. The Labute approximate surface area is 247 Å². The van der Waals surface area contributed by atoms with Crippen molar-refractivity contribution in [2.24, 2.45) is 4.99 Å². The Bertz CT molecular complexity index is 1410. The molecular weight excluding hydrogens is 628 g/mol. The Hall–Kier alpha value is -3.23. The monoisotopic (exact) mass is 655 g/mol. The van der Waals surface area contributed by atoms with Crippen molar-refractivity contribution in [2.75, 3.05) is 0 Å². The quantitative estimate of drug-likeness (QED) is 0.108. The number of carbonyl (C=O) groups is 1. The molecule has 0 N–H and O–H groups in total. The third-order valence-electron chi connectivity index (χ3n) is 5.61. The van der Waals surface area contributed by atoms with Crippen LogP contribution in [0.3, 0.4) is 0 Å². The van der Waals surface area contributed by atoms with Crippen LogP contribution in [0.2, 0.25) is 5.02 Å². The van der Waals surface area contributed by atoms with Crippen LogP contribution in [-0.4, -0.2) is 23.3 Å². The first-order valence-electron chi connectivity index (χ1n) is 12.4. The zero-order valence-corrected chi connectivity index (χ0v) is 24.7. The van der Waals surface area contributed by atoms with Crippen molar-refractivity contribution in [3.63, 3.8) is 0 Å². The van der Waals surface area contributed by atoms with Gasteiger partial charge in [0.2, 0.25) is 0 Å². The number of ether oxygens (including phenoxy) is 2. The SMILES string of the molecule is CC(C)(C)OC(=O)C(Cc1cc(F)c(Oc2ccc(Cl)cc2)cc1I)N=C(c1ccccc1)c1ccccc1. The van der Waals surface area contributed by atoms with E-state index in [1.165, 1.54) is 6.07 Å². The highest BCUT2D eigenvalue weighted by molar-refractivity contribution is 14.1. The van der Waals surface area contributed by atoms with Crippen molar-refractivity contribution in [2.45, 2.75) is 38.8 Å². The van der Waals surface area contributed by atoms with E-state index in [4.69, 9.17) is 26.1 Å². The lowest BCUT2D eigenvalue weighted by atomic mass is 10.0. The van der Waals surface area contributed by atoms with Crippen LogP contribution in [0.1, 0.15) is 37.5 Å². The van der Waals surface area contributed by atoms with Crippen molar-refractivity contribution in [1.29, 1.82) is 0 Å². The number of nitrogens with zero attached hydrogens (tertiary/aromatic N) is 1. The fourth-order valence-electron chi connectivity index (χ4n) is 3.86. The molecule has 0 amide bonds. The average molecular weight is 656 g/mol. The molecule has 1 unspecified atom stereocenters. The Balaban J connectivity index is 1.72. The molecule has 4 aromatic rings. The summed E-state index contributed by atoms with van der Waals surface area (Å²) in [6.07, 6.45) is 0.147. The summed E-state index contributed by atoms with van der Waals surface area (Å²) in [6, 6.07) is 28.1. The van der Waals surface area contributed by atoms with Crippen molar-refractivity contribution in [3.8, 4) is 11.5 Å². The molecule has 0 aromatic heterocycles. The van der Waals surface area contributed by atoms with Gasteiger partial charge in [-0.05, 0) is 85.3 Å². The first-order valence-corrected chi connectivity index (χ1v) is 13.9. The van der Waals surface area contributed by atoms with Gasteiger partial charge in [0.1, 0.15) is 11.4 Å². The Kier molecular flexibility index (Phi) is 9.40. The number of halogens is 3. The zero-order valence-electron chi connectivity index (χ0n) is 21.8. The Morgan fingerprint density at radius 2 is 1.49 bits per heavy atom. The number of hydrogen-bond acceptors (Lipinski definition) is 4. The van der Waals surface area contributed by atoms with Crippen molar-refractivity contribution in [1.82, 2.24) is 0 Å². The van der Waals surface area contributed by atoms with E-state index in [2.05, 4.69) is 22.6 Å². The van der Waals surface area contributed by atoms with Crippen molar-refractivity contribution in [3.05, 3.63) is 128 Å². The molecule has 0 aliphatic heterocycles. The third-order valence-corrected chi connectivity index (χ3v) is 6.87. The molecule has 1 atom stereocenters. The highest BCUT2D eigenvalue weighted by Crippen LogP contribution is 2.30. The molecule has 0 radical (unpaired) electrons.